The summed E-state index contributed by atoms with van der Waals surface area (Å²) in [5, 5.41) is -14.3. The van der Waals surface area contributed by atoms with Gasteiger partial charge in [0.05, 0.1) is 104 Å². The van der Waals surface area contributed by atoms with Crippen LogP contribution in [0.15, 0.2) is 459 Å². The normalized spacial score (nSPS) is 20.2. The number of fused-ring (bicyclic) bond motifs is 20. The summed E-state index contributed by atoms with van der Waals surface area (Å²) in [5.74, 6) is 0. The number of hydrogen-bond acceptors (Lipinski definition) is 3. The third-order valence-corrected chi connectivity index (χ3v) is 23.8. The molecule has 27 rings (SSSR count). The van der Waals surface area contributed by atoms with E-state index in [2.05, 4.69) is 0 Å². The van der Waals surface area contributed by atoms with Gasteiger partial charge in [-0.25, -0.2) is 0 Å². The number of hydrogen-bond donors (Lipinski definition) is 0. The average Bonchev–Trinajstić information content (AvgIpc) is 1.35. The molecule has 0 saturated carbocycles. The zero-order chi connectivity index (χ0) is 150. The third kappa shape index (κ3) is 12.5. The van der Waals surface area contributed by atoms with Crippen molar-refractivity contribution in [1.29, 1.82) is 0 Å². The lowest BCUT2D eigenvalue weighted by Crippen LogP contribution is -1.92. The van der Waals surface area contributed by atoms with Crippen molar-refractivity contribution < 1.29 is 104 Å². The summed E-state index contributed by atoms with van der Waals surface area (Å²) in [4.78, 5) is 0. The van der Waals surface area contributed by atoms with Crippen molar-refractivity contribution in [3.63, 3.8) is 0 Å². The molecule has 0 fully saturated rings. The van der Waals surface area contributed by atoms with Gasteiger partial charge < -0.3 is 0 Å². The van der Waals surface area contributed by atoms with Gasteiger partial charge in [-0.15, -0.1) is 34.0 Å². The van der Waals surface area contributed by atoms with E-state index >= 15 is 0 Å². The summed E-state index contributed by atoms with van der Waals surface area (Å²) < 4.78 is 680. The molecule has 0 spiro atoms. The first-order valence-electron chi connectivity index (χ1n) is 75.5. The Balaban J connectivity index is 0.000000147. The van der Waals surface area contributed by atoms with E-state index in [4.69, 9.17) is 64.4 Å². The second-order valence-electron chi connectivity index (χ2n) is 27.5. The molecule has 0 nitrogen and oxygen atoms in total. The highest BCUT2D eigenvalue weighted by Crippen LogP contribution is 2.52. The van der Waals surface area contributed by atoms with Crippen molar-refractivity contribution in [1.82, 2.24) is 0 Å². The Morgan fingerprint density at radius 2 is 0.362 bits per heavy atom. The molecule has 0 bridgehead atoms. The van der Waals surface area contributed by atoms with Crippen LogP contribution in [0.2, 0.25) is 0 Å². The number of thiophene rings is 3. The molecule has 0 atom stereocenters. The monoisotopic (exact) mass is 1740 g/mol. The van der Waals surface area contributed by atoms with Crippen LogP contribution in [0.1, 0.15) is 104 Å². The SMILES string of the molecule is [2H]c1c([2H])c(-c2c([2H])c([2H])c([2H])c3c([2H])c([2H])c([2H])c([2H])c23)c([2H])c(-c2c3c([2H])c([2H])c([2H])c([2H])c3c(-c3c([2H])c([2H])c4sc5c([2H])c([2H])c([2H])c([2H])c5c4c3[2H])c3c([2H])c([2H])c([2H])c([2H])c23)c1[2H].[2H]c1c([2H])c(-c2c3c([2H])c([2H])c([2H])c([2H])c3c(-c3c([2H])c([2H])c4sc5c([2H])c([2H])c([2H])c([2H])c5c4c3[2H])c3c([2H])c([2H])c([2H])c([2H])c23)c([2H])c([2H])c1-c1c([2H])c([2H])c([2H])c2c([2H])c([2H])c([2H])c([2H])c12.[2H]c1c([2H])c([2H])c2c(sc3c([2H])c([2H])c(-c4c5c([2H])c([2H])c([2H])c([2H])c5c(-c5c([2H])c6c([2H])c([2H])c([2H])c([2H])c6c6c([2H])c([2H])c([2H])c([2H])c56)c5c([2H])c([2H])c([2H])c([2H])c45)c([2H])c32)c1[2H]. The lowest BCUT2D eigenvalue weighted by molar-refractivity contribution is 1.63. The Labute approximate surface area is 853 Å². The molecule has 0 aliphatic carbocycles. The van der Waals surface area contributed by atoms with Crippen LogP contribution in [0.5, 0.6) is 0 Å². The Morgan fingerprint density at radius 3 is 0.748 bits per heavy atom. The fraction of sp³-hybridized carbons (Fsp3) is 0. The molecule has 27 aromatic rings. The van der Waals surface area contributed by atoms with Gasteiger partial charge in [0.1, 0.15) is 0 Å². The molecule has 0 saturated heterocycles. The van der Waals surface area contributed by atoms with Crippen LogP contribution in [0, 0.1) is 0 Å². The van der Waals surface area contributed by atoms with Gasteiger partial charge in [-0.05, 0) is 263 Å². The van der Waals surface area contributed by atoms with Gasteiger partial charge in [-0.2, -0.15) is 0 Å². The van der Waals surface area contributed by atoms with Crippen molar-refractivity contribution in [3.8, 4) is 89.0 Å². The minimum atomic E-state index is -1.06. The molecule has 590 valence electrons. The maximum atomic E-state index is 9.80. The highest BCUT2D eigenvalue weighted by atomic mass is 32.1. The van der Waals surface area contributed by atoms with E-state index in [1.165, 1.54) is 0 Å². The molecule has 0 aliphatic rings. The summed E-state index contributed by atoms with van der Waals surface area (Å²) in [5.41, 5.74) is -11.3. The zero-order valence-electron chi connectivity index (χ0n) is 139. The van der Waals surface area contributed by atoms with Crippen LogP contribution in [0.4, 0.5) is 0 Å². The van der Waals surface area contributed by atoms with E-state index in [9.17, 15) is 39.8 Å². The lowest BCUT2D eigenvalue weighted by Gasteiger charge is -2.19. The minimum Gasteiger partial charge on any atom is -0.135 e. The first-order valence-corrected chi connectivity index (χ1v) is 39.9. The topological polar surface area (TPSA) is 0 Å². The first kappa shape index (κ1) is 30.5. The Hall–Kier alpha value is -15.5. The van der Waals surface area contributed by atoms with Crippen molar-refractivity contribution >= 4 is 202 Å². The maximum Gasteiger partial charge on any atom is 0.0638 e. The molecule has 0 unspecified atom stereocenters. The van der Waals surface area contributed by atoms with Crippen molar-refractivity contribution in [2.24, 2.45) is 0 Å². The van der Waals surface area contributed by atoms with Crippen molar-refractivity contribution in [2.75, 3.05) is 0 Å². The third-order valence-electron chi connectivity index (χ3n) is 20.8. The fourth-order valence-electron chi connectivity index (χ4n) is 15.5. The van der Waals surface area contributed by atoms with Gasteiger partial charge in [-0.3, -0.25) is 0 Å². The standard InChI is InChI=1S/2C42H26S.C40H24S/c1-2-15-31-27(11-1)12-10-21-32(31)28-13-9-14-29(25-28)41-34-17-3-5-19-36(34)42(37-20-6-4-18-35(37)41)30-23-24-40-38(26-30)33-16-7-8-22-39(33)43-40;1-2-12-31-27(10-1)11-9-18-32(31)28-20-22-29(23-21-28)41-34-14-3-5-16-36(34)42(37-17-6-4-15-35(37)41)30-24-25-40-38(26-30)33-13-7-8-19-39(33)43-40;1-2-12-27-25(11-1)23-36(29-14-4-3-13-28(27)29)40-33-18-7-5-16-31(33)39(32-17-6-8-19-34(32)40)26-21-22-38-35(24-26)30-15-9-10-20-37(30)41-38/h2*1-26H;1-24H/i2*1D,2D,3D,4D,5D,6D,7D,8D,9D,10D,11D,12D,13D,14D,15D,16D,17D,18D,19D,20D,21D,22D,23D,24D,25D,26D;1D,2D,3D,4D,5D,6D,7D,8D,9D,10D,11D,12D,13D,14D,15D,16D,17D,18D,19D,20D,21D,22D,23D,24D. The molecule has 0 N–H and O–H groups in total. The second kappa shape index (κ2) is 30.8. The molecule has 127 heavy (non-hydrogen) atoms. The van der Waals surface area contributed by atoms with Crippen LogP contribution >= 0.6 is 34.0 Å². The molecule has 24 aromatic carbocycles. The van der Waals surface area contributed by atoms with Crippen LogP contribution in [0.3, 0.4) is 0 Å². The van der Waals surface area contributed by atoms with Gasteiger partial charge in [-0.1, -0.05) is 393 Å². The van der Waals surface area contributed by atoms with E-state index in [1.54, 1.807) is 0 Å². The van der Waals surface area contributed by atoms with Crippen LogP contribution < -0.4 is 0 Å². The second-order valence-corrected chi connectivity index (χ2v) is 30.6. The Bertz CT molecular complexity index is 13900. The highest BCUT2D eigenvalue weighted by molar-refractivity contribution is 7.26. The lowest BCUT2D eigenvalue weighted by atomic mass is 9.83. The average molecular weight is 1740 g/mol. The first-order chi connectivity index (χ1) is 94.7. The number of benzene rings is 24. The van der Waals surface area contributed by atoms with E-state index in [0.29, 0.717) is 34.0 Å². The van der Waals surface area contributed by atoms with Crippen LogP contribution in [-0.2, 0) is 0 Å². The molecule has 3 heteroatoms. The van der Waals surface area contributed by atoms with Gasteiger partial charge >= 0.3 is 0 Å². The van der Waals surface area contributed by atoms with Gasteiger partial charge in [0.2, 0.25) is 0 Å². The smallest absolute Gasteiger partial charge is 0.0638 e. The van der Waals surface area contributed by atoms with Gasteiger partial charge in [0, 0.05) is 60.5 Å². The molecule has 0 amide bonds. The summed E-state index contributed by atoms with van der Waals surface area (Å²) in [6.45, 7) is 0. The molecule has 3 heterocycles. The fourth-order valence-corrected chi connectivity index (χ4v) is 18.2. The molecule has 3 aromatic heterocycles. The maximum absolute atomic E-state index is 9.80. The predicted molar refractivity (Wildman–Crippen MR) is 557 cm³/mol. The molecular weight excluding hydrogens is 1590 g/mol. The van der Waals surface area contributed by atoms with E-state index in [0.717, 1.165) is 0 Å². The molecule has 0 aliphatic heterocycles. The van der Waals surface area contributed by atoms with Crippen LogP contribution in [0.25, 0.3) is 257 Å². The zero-order valence-corrected chi connectivity index (χ0v) is 65.7. The Morgan fingerprint density at radius 1 is 0.118 bits per heavy atom. The van der Waals surface area contributed by atoms with Gasteiger partial charge in [0.15, 0.2) is 0 Å². The number of rotatable bonds is 8. The van der Waals surface area contributed by atoms with E-state index < -0.39 is 656 Å². The van der Waals surface area contributed by atoms with Gasteiger partial charge in [0.25, 0.3) is 0 Å². The molecule has 0 radical (unpaired) electrons. The van der Waals surface area contributed by atoms with Crippen LogP contribution in [-0.4, -0.2) is 0 Å². The summed E-state index contributed by atoms with van der Waals surface area (Å²) in [7, 11) is 0. The minimum absolute atomic E-state index is 0.0767. The highest BCUT2D eigenvalue weighted by Gasteiger charge is 2.24. The molecular formula is C124H76S3. The van der Waals surface area contributed by atoms with Crippen molar-refractivity contribution in [2.45, 2.75) is 0 Å². The van der Waals surface area contributed by atoms with Crippen molar-refractivity contribution in [3.05, 3.63) is 459 Å². The largest absolute Gasteiger partial charge is 0.135 e. The quantitative estimate of drug-likeness (QED) is 0.105. The van der Waals surface area contributed by atoms with E-state index in [-0.39, 0.29) is 60.5 Å². The summed E-state index contributed by atoms with van der Waals surface area (Å²) >= 11 is 2.09. The summed E-state index contributed by atoms with van der Waals surface area (Å²) in [6, 6.07) is -64.7. The Kier molecular flexibility index (Phi) is 7.38. The summed E-state index contributed by atoms with van der Waals surface area (Å²) in [6.07, 6.45) is 0. The van der Waals surface area contributed by atoms with E-state index in [1.807, 2.05) is 0 Å². The predicted octanol–water partition coefficient (Wildman–Crippen LogP) is 37.0.